The van der Waals surface area contributed by atoms with Gasteiger partial charge in [0.25, 0.3) is 5.91 Å². The Hall–Kier alpha value is -3.78. The monoisotopic (exact) mass is 470 g/mol. The van der Waals surface area contributed by atoms with E-state index in [1.54, 1.807) is 12.4 Å². The Morgan fingerprint density at radius 1 is 1.11 bits per heavy atom. The summed E-state index contributed by atoms with van der Waals surface area (Å²) in [6.45, 7) is 5.29. The Bertz CT molecular complexity index is 1270. The van der Waals surface area contributed by atoms with E-state index >= 15 is 0 Å². The molecular formula is C27H30N6O2. The summed E-state index contributed by atoms with van der Waals surface area (Å²) in [6.07, 6.45) is 10.2. The van der Waals surface area contributed by atoms with Gasteiger partial charge in [0.15, 0.2) is 0 Å². The van der Waals surface area contributed by atoms with Gasteiger partial charge in [-0.3, -0.25) is 4.79 Å². The van der Waals surface area contributed by atoms with Gasteiger partial charge in [-0.05, 0) is 18.1 Å². The van der Waals surface area contributed by atoms with E-state index in [1.165, 1.54) is 0 Å². The third-order valence-corrected chi connectivity index (χ3v) is 6.41. The number of nitrogens with one attached hydrogen (secondary N) is 2. The number of ether oxygens (including phenoxy) is 1. The van der Waals surface area contributed by atoms with Crippen LogP contribution in [0.3, 0.4) is 0 Å². The van der Waals surface area contributed by atoms with Crippen molar-refractivity contribution in [2.24, 2.45) is 0 Å². The first kappa shape index (κ1) is 23.0. The average molecular weight is 471 g/mol. The highest BCUT2D eigenvalue weighted by molar-refractivity contribution is 5.95. The van der Waals surface area contributed by atoms with Gasteiger partial charge in [-0.1, -0.05) is 50.1 Å². The molecule has 2 N–H and O–H groups in total. The lowest BCUT2D eigenvalue weighted by molar-refractivity contribution is 0.0923. The summed E-state index contributed by atoms with van der Waals surface area (Å²) in [4.78, 5) is 31.8. The molecule has 4 aromatic rings. The summed E-state index contributed by atoms with van der Waals surface area (Å²) in [6, 6.07) is 12.1. The van der Waals surface area contributed by atoms with Crippen LogP contribution in [-0.4, -0.2) is 52.1 Å². The first-order valence-electron chi connectivity index (χ1n) is 12.2. The van der Waals surface area contributed by atoms with Crippen LogP contribution in [0.4, 0.5) is 5.69 Å². The van der Waals surface area contributed by atoms with Gasteiger partial charge in [0.2, 0.25) is 5.82 Å². The molecular weight excluding hydrogens is 440 g/mol. The van der Waals surface area contributed by atoms with Crippen LogP contribution in [0, 0.1) is 0 Å². The number of anilines is 1. The molecule has 0 spiro atoms. The number of benzene rings is 1. The van der Waals surface area contributed by atoms with Crippen LogP contribution in [0.5, 0.6) is 0 Å². The third-order valence-electron chi connectivity index (χ3n) is 6.41. The number of hydrogen-bond acceptors (Lipinski definition) is 6. The average Bonchev–Trinajstić information content (AvgIpc) is 3.35. The van der Waals surface area contributed by atoms with Gasteiger partial charge in [0.05, 0.1) is 31.1 Å². The second kappa shape index (κ2) is 10.7. The van der Waals surface area contributed by atoms with Crippen molar-refractivity contribution >= 4 is 22.6 Å². The standard InChI is InChI=1S/C27H30N6O2/c1-2-3-9-24(19-7-5-4-6-8-19)32-27(34)26-28-15-20(16-29-26)23-18-31-25-22(23)14-21(17-30-25)33-10-12-35-13-11-33/h4-8,14-18,24H,2-3,9-13H2,1H3,(H,30,31)(H,32,34)/t24-/m0/s1. The fourth-order valence-corrected chi connectivity index (χ4v) is 4.45. The first-order valence-corrected chi connectivity index (χ1v) is 12.2. The lowest BCUT2D eigenvalue weighted by Crippen LogP contribution is -2.36. The van der Waals surface area contributed by atoms with Crippen molar-refractivity contribution in [3.63, 3.8) is 0 Å². The number of hydrogen-bond donors (Lipinski definition) is 2. The topological polar surface area (TPSA) is 96.0 Å². The molecule has 4 heterocycles. The van der Waals surface area contributed by atoms with Crippen molar-refractivity contribution in [3.8, 4) is 11.1 Å². The molecule has 1 saturated heterocycles. The Labute approximate surface area is 204 Å². The zero-order valence-electron chi connectivity index (χ0n) is 19.9. The molecule has 3 aromatic heterocycles. The van der Waals surface area contributed by atoms with Crippen molar-refractivity contribution in [1.82, 2.24) is 25.3 Å². The molecule has 0 bridgehead atoms. The van der Waals surface area contributed by atoms with Crippen LogP contribution in [0.25, 0.3) is 22.2 Å². The van der Waals surface area contributed by atoms with E-state index < -0.39 is 0 Å². The predicted octanol–water partition coefficient (Wildman–Crippen LogP) is 4.52. The van der Waals surface area contributed by atoms with Gasteiger partial charge in [0.1, 0.15) is 5.65 Å². The smallest absolute Gasteiger partial charge is 0.289 e. The van der Waals surface area contributed by atoms with Gasteiger partial charge in [-0.15, -0.1) is 0 Å². The highest BCUT2D eigenvalue weighted by Gasteiger charge is 2.18. The molecule has 35 heavy (non-hydrogen) atoms. The number of aromatic nitrogens is 4. The summed E-state index contributed by atoms with van der Waals surface area (Å²) in [5.74, 6) is -0.102. The van der Waals surface area contributed by atoms with Crippen LogP contribution in [0.15, 0.2) is 61.2 Å². The largest absolute Gasteiger partial charge is 0.378 e. The third kappa shape index (κ3) is 5.17. The van der Waals surface area contributed by atoms with Crippen molar-refractivity contribution in [2.45, 2.75) is 32.2 Å². The van der Waals surface area contributed by atoms with Crippen molar-refractivity contribution < 1.29 is 9.53 Å². The number of nitrogens with zero attached hydrogens (tertiary/aromatic N) is 4. The highest BCUT2D eigenvalue weighted by atomic mass is 16.5. The zero-order chi connectivity index (χ0) is 24.0. The van der Waals surface area contributed by atoms with Crippen LogP contribution >= 0.6 is 0 Å². The van der Waals surface area contributed by atoms with E-state index in [0.717, 1.165) is 79.0 Å². The second-order valence-electron chi connectivity index (χ2n) is 8.77. The van der Waals surface area contributed by atoms with E-state index in [0.29, 0.717) is 0 Å². The summed E-state index contributed by atoms with van der Waals surface area (Å²) in [7, 11) is 0. The Kier molecular flexibility index (Phi) is 6.99. The SMILES string of the molecule is CCCC[C@H](NC(=O)c1ncc(-c2c[nH]c3ncc(N4CCOCC4)cc23)cn1)c1ccccc1. The normalized spacial score (nSPS) is 14.7. The van der Waals surface area contributed by atoms with Crippen LogP contribution < -0.4 is 10.2 Å². The minimum atomic E-state index is -0.267. The van der Waals surface area contributed by atoms with E-state index in [2.05, 4.69) is 43.1 Å². The molecule has 1 aromatic carbocycles. The zero-order valence-corrected chi connectivity index (χ0v) is 19.9. The van der Waals surface area contributed by atoms with Gasteiger partial charge in [0, 0.05) is 48.2 Å². The molecule has 8 heteroatoms. The van der Waals surface area contributed by atoms with E-state index in [1.807, 2.05) is 42.7 Å². The van der Waals surface area contributed by atoms with Gasteiger partial charge in [-0.2, -0.15) is 0 Å². The molecule has 5 rings (SSSR count). The molecule has 1 aliphatic heterocycles. The fourth-order valence-electron chi connectivity index (χ4n) is 4.45. The maximum atomic E-state index is 13.0. The molecule has 0 aliphatic carbocycles. The fraction of sp³-hybridized carbons (Fsp3) is 0.333. The number of fused-ring (bicyclic) bond motifs is 1. The molecule has 1 fully saturated rings. The first-order chi connectivity index (χ1) is 17.2. The molecule has 0 radical (unpaired) electrons. The molecule has 1 atom stereocenters. The number of pyridine rings is 1. The van der Waals surface area contributed by atoms with Crippen molar-refractivity contribution in [2.75, 3.05) is 31.2 Å². The number of rotatable bonds is 8. The molecule has 1 aliphatic rings. The maximum Gasteiger partial charge on any atom is 0.289 e. The van der Waals surface area contributed by atoms with Gasteiger partial charge >= 0.3 is 0 Å². The van der Waals surface area contributed by atoms with Crippen molar-refractivity contribution in [3.05, 3.63) is 72.6 Å². The Morgan fingerprint density at radius 2 is 1.89 bits per heavy atom. The summed E-state index contributed by atoms with van der Waals surface area (Å²) >= 11 is 0. The number of aromatic amines is 1. The number of morpholine rings is 1. The van der Waals surface area contributed by atoms with Gasteiger partial charge in [-0.25, -0.2) is 15.0 Å². The van der Waals surface area contributed by atoms with Crippen LogP contribution in [-0.2, 0) is 4.74 Å². The van der Waals surface area contributed by atoms with Gasteiger partial charge < -0.3 is 19.9 Å². The highest BCUT2D eigenvalue weighted by Crippen LogP contribution is 2.30. The number of unbranched alkanes of at least 4 members (excludes halogenated alkanes) is 1. The molecule has 0 saturated carbocycles. The van der Waals surface area contributed by atoms with E-state index in [4.69, 9.17) is 4.74 Å². The van der Waals surface area contributed by atoms with Crippen LogP contribution in [0.2, 0.25) is 0 Å². The Morgan fingerprint density at radius 3 is 2.63 bits per heavy atom. The number of carbonyl (C=O) groups excluding carboxylic acids is 1. The molecule has 0 unspecified atom stereocenters. The van der Waals surface area contributed by atoms with Crippen molar-refractivity contribution in [1.29, 1.82) is 0 Å². The number of H-pyrrole nitrogens is 1. The van der Waals surface area contributed by atoms with Crippen LogP contribution in [0.1, 0.15) is 48.4 Å². The summed E-state index contributed by atoms with van der Waals surface area (Å²) in [5, 5.41) is 4.11. The molecule has 180 valence electrons. The minimum Gasteiger partial charge on any atom is -0.378 e. The lowest BCUT2D eigenvalue weighted by Gasteiger charge is -2.28. The minimum absolute atomic E-state index is 0.0646. The second-order valence-corrected chi connectivity index (χ2v) is 8.77. The predicted molar refractivity (Wildman–Crippen MR) is 136 cm³/mol. The number of amides is 1. The Balaban J connectivity index is 1.35. The molecule has 1 amide bonds. The maximum absolute atomic E-state index is 13.0. The quantitative estimate of drug-likeness (QED) is 0.393. The van der Waals surface area contributed by atoms with E-state index in [-0.39, 0.29) is 17.8 Å². The van der Waals surface area contributed by atoms with E-state index in [9.17, 15) is 4.79 Å². The molecule has 8 nitrogen and oxygen atoms in total. The summed E-state index contributed by atoms with van der Waals surface area (Å²) in [5.41, 5.74) is 4.75. The lowest BCUT2D eigenvalue weighted by atomic mass is 10.0. The summed E-state index contributed by atoms with van der Waals surface area (Å²) < 4.78 is 5.47. The number of carbonyl (C=O) groups is 1.